The number of hydrogen-bond donors (Lipinski definition) is 2. The monoisotopic (exact) mass is 1400 g/mol. The number of unbranched alkanes of at least 4 members (excludes halogenated alkanes) is 30. The van der Waals surface area contributed by atoms with E-state index in [0.717, 1.165) is 192 Å². The summed E-state index contributed by atoms with van der Waals surface area (Å²) in [6.07, 6.45) is 56.9. The van der Waals surface area contributed by atoms with Crippen molar-refractivity contribution in [1.82, 2.24) is 29.3 Å². The third-order valence-corrected chi connectivity index (χ3v) is 18.3. The molecule has 2 heterocycles. The van der Waals surface area contributed by atoms with E-state index in [1.54, 1.807) is 0 Å². The molecular formula is C82H137N7O11. The predicted octanol–water partition coefficient (Wildman–Crippen LogP) is 19.0. The number of methoxy groups -OCH3 is 1. The fourth-order valence-electron chi connectivity index (χ4n) is 12.3. The van der Waals surface area contributed by atoms with Gasteiger partial charge in [-0.15, -0.1) is 0 Å². The Morgan fingerprint density at radius 1 is 0.460 bits per heavy atom. The van der Waals surface area contributed by atoms with Crippen LogP contribution in [-0.4, -0.2) is 132 Å². The van der Waals surface area contributed by atoms with Gasteiger partial charge in [-0.05, 0) is 153 Å². The summed E-state index contributed by atoms with van der Waals surface area (Å²) in [4.78, 5) is 93.9. The molecule has 100 heavy (non-hydrogen) atoms. The number of imidazole rings is 1. The number of allylic oxidation sites excluding steroid dienone is 3. The number of fused-ring (bicyclic) bond motifs is 1. The average Bonchev–Trinajstić information content (AvgIpc) is 1.62. The fraction of sp³-hybridized carbons (Fsp3) is 0.732. The van der Waals surface area contributed by atoms with Crippen LogP contribution in [-0.2, 0) is 55.9 Å². The summed E-state index contributed by atoms with van der Waals surface area (Å²) in [5.74, 6) is -0.664. The molecule has 0 unspecified atom stereocenters. The second kappa shape index (κ2) is 61.5. The number of amides is 1. The van der Waals surface area contributed by atoms with Crippen molar-refractivity contribution in [2.24, 2.45) is 0 Å². The summed E-state index contributed by atoms with van der Waals surface area (Å²) in [6, 6.07) is 7.50. The van der Waals surface area contributed by atoms with Gasteiger partial charge in [0.05, 0.1) is 26.7 Å². The van der Waals surface area contributed by atoms with Gasteiger partial charge in [-0.1, -0.05) is 236 Å². The number of aromatic nitrogens is 4. The zero-order valence-corrected chi connectivity index (χ0v) is 63.4. The van der Waals surface area contributed by atoms with E-state index in [9.17, 15) is 28.8 Å². The largest absolute Gasteiger partial charge is 0.469 e. The van der Waals surface area contributed by atoms with Crippen molar-refractivity contribution in [2.45, 2.75) is 317 Å². The number of carbonyl (C=O) groups excluding carboxylic acids is 5. The lowest BCUT2D eigenvalue weighted by atomic mass is 10.1. The van der Waals surface area contributed by atoms with Gasteiger partial charge < -0.3 is 43.8 Å². The number of aromatic amines is 1. The molecule has 0 aliphatic heterocycles. The number of rotatable bonds is 67. The Hall–Kier alpha value is -6.14. The number of carbonyl (C=O) groups is 5. The zero-order valence-electron chi connectivity index (χ0n) is 63.4. The maximum Gasteiger partial charge on any atom is 0.328 e. The van der Waals surface area contributed by atoms with Gasteiger partial charge in [-0.25, -0.2) is 4.79 Å². The SMILES string of the molecule is CCCCCC/C=C\COC(=O)CCCCCCCCN(CCCCCCCCC(=O)OC/C=C\CCCCCC)CCCN(CCCCCCCCC(=O)OC/C=C\CCCCCC)CCCCCC(=O)Nc1nc(OCCCC)nc2c1[nH]c(=O)n2Cc1cccc(CC(=O)OC)c1. The molecule has 0 aliphatic rings. The molecule has 18 heteroatoms. The maximum absolute atomic E-state index is 13.7. The van der Waals surface area contributed by atoms with Crippen LogP contribution < -0.4 is 15.7 Å². The van der Waals surface area contributed by atoms with Crippen molar-refractivity contribution >= 4 is 46.8 Å². The van der Waals surface area contributed by atoms with Crippen LogP contribution in [0.25, 0.3) is 11.2 Å². The second-order valence-electron chi connectivity index (χ2n) is 27.4. The zero-order chi connectivity index (χ0) is 72.0. The summed E-state index contributed by atoms with van der Waals surface area (Å²) in [5, 5.41) is 2.99. The van der Waals surface area contributed by atoms with Crippen LogP contribution in [0.4, 0.5) is 5.82 Å². The molecule has 0 atom stereocenters. The van der Waals surface area contributed by atoms with Crippen LogP contribution in [0.2, 0.25) is 0 Å². The minimum absolute atomic E-state index is 0.0767. The van der Waals surface area contributed by atoms with Crippen LogP contribution >= 0.6 is 0 Å². The summed E-state index contributed by atoms with van der Waals surface area (Å²) in [5.41, 5.74) is 1.77. The molecule has 0 spiro atoms. The molecule has 0 radical (unpaired) electrons. The minimum Gasteiger partial charge on any atom is -0.469 e. The van der Waals surface area contributed by atoms with Crippen molar-refractivity contribution in [3.8, 4) is 6.01 Å². The number of esters is 4. The van der Waals surface area contributed by atoms with Gasteiger partial charge in [0, 0.05) is 25.7 Å². The summed E-state index contributed by atoms with van der Waals surface area (Å²) >= 11 is 0. The Kier molecular flexibility index (Phi) is 54.2. The Morgan fingerprint density at radius 3 is 1.31 bits per heavy atom. The van der Waals surface area contributed by atoms with E-state index < -0.39 is 5.69 Å². The molecule has 0 saturated carbocycles. The Morgan fingerprint density at radius 2 is 0.860 bits per heavy atom. The molecule has 566 valence electrons. The average molecular weight is 1400 g/mol. The van der Waals surface area contributed by atoms with Crippen molar-refractivity contribution in [2.75, 3.05) is 78.1 Å². The Balaban J connectivity index is 1.60. The summed E-state index contributed by atoms with van der Waals surface area (Å²) < 4.78 is 28.7. The van der Waals surface area contributed by atoms with Gasteiger partial charge in [-0.3, -0.25) is 28.5 Å². The van der Waals surface area contributed by atoms with Crippen molar-refractivity contribution in [1.29, 1.82) is 0 Å². The van der Waals surface area contributed by atoms with Crippen LogP contribution in [0.15, 0.2) is 65.5 Å². The first-order chi connectivity index (χ1) is 49.0. The molecule has 2 N–H and O–H groups in total. The number of hydrogen-bond acceptors (Lipinski definition) is 15. The summed E-state index contributed by atoms with van der Waals surface area (Å²) in [7, 11) is 1.36. The molecule has 2 aromatic heterocycles. The minimum atomic E-state index is -0.410. The van der Waals surface area contributed by atoms with Crippen LogP contribution in [0.3, 0.4) is 0 Å². The summed E-state index contributed by atoms with van der Waals surface area (Å²) in [6.45, 7) is 16.6. The highest BCUT2D eigenvalue weighted by Gasteiger charge is 2.20. The van der Waals surface area contributed by atoms with Gasteiger partial charge >= 0.3 is 35.6 Å². The molecule has 3 aromatic rings. The molecular weight excluding hydrogens is 1260 g/mol. The van der Waals surface area contributed by atoms with Gasteiger partial charge in [0.2, 0.25) is 5.91 Å². The van der Waals surface area contributed by atoms with E-state index in [1.165, 1.54) is 114 Å². The highest BCUT2D eigenvalue weighted by Crippen LogP contribution is 2.23. The van der Waals surface area contributed by atoms with E-state index in [1.807, 2.05) is 42.5 Å². The molecule has 3 rings (SSSR count). The van der Waals surface area contributed by atoms with Crippen LogP contribution in [0, 0.1) is 0 Å². The van der Waals surface area contributed by atoms with Crippen LogP contribution in [0.1, 0.15) is 315 Å². The van der Waals surface area contributed by atoms with E-state index in [2.05, 4.69) is 76.0 Å². The molecule has 18 nitrogen and oxygen atoms in total. The number of nitrogens with zero attached hydrogens (tertiary/aromatic N) is 5. The molecule has 0 aliphatic carbocycles. The molecule has 1 aromatic carbocycles. The number of anilines is 1. The van der Waals surface area contributed by atoms with E-state index >= 15 is 0 Å². The molecule has 0 fully saturated rings. The molecule has 0 bridgehead atoms. The first kappa shape index (κ1) is 88.1. The maximum atomic E-state index is 13.7. The topological polar surface area (TPSA) is 214 Å². The van der Waals surface area contributed by atoms with Gasteiger partial charge in [0.1, 0.15) is 25.3 Å². The third kappa shape index (κ3) is 46.4. The standard InChI is InChI=1S/C82H137N7O11/c1-6-10-14-17-26-35-47-65-97-74(91)55-40-29-20-23-32-43-58-87(59-44-33-24-21-30-41-56-75(92)98-66-48-36-27-18-15-11-7-2)62-51-63-88(60-45-34-25-22-31-42-57-76(93)99-67-49-37-28-19-16-12-8-3)61-46-38-39-54-73(90)83-79-78-80(86-81(85-79)100-64-13-9-4)89(82(95)84-78)70-72-53-50-52-71(68-72)69-77(94)96-5/h35-37,47-50,52-53,68H,6-34,38-46,51,54-67,69-70H2,1-5H3,(H,84,95)(H,83,85,86,90)/b47-35-,48-36-,49-37-. The van der Waals surface area contributed by atoms with E-state index in [0.29, 0.717) is 63.3 Å². The van der Waals surface area contributed by atoms with Crippen molar-refractivity contribution in [3.05, 3.63) is 82.3 Å². The van der Waals surface area contributed by atoms with Crippen LogP contribution in [0.5, 0.6) is 6.01 Å². The van der Waals surface area contributed by atoms with Crippen molar-refractivity contribution < 1.29 is 47.7 Å². The Labute approximate surface area is 604 Å². The van der Waals surface area contributed by atoms with E-state index in [4.69, 9.17) is 23.7 Å². The fourth-order valence-corrected chi connectivity index (χ4v) is 12.3. The first-order valence-electron chi connectivity index (χ1n) is 39.9. The molecule has 0 saturated heterocycles. The lowest BCUT2D eigenvalue weighted by Crippen LogP contribution is -2.32. The highest BCUT2D eigenvalue weighted by molar-refractivity contribution is 5.97. The lowest BCUT2D eigenvalue weighted by Gasteiger charge is -2.26. The van der Waals surface area contributed by atoms with E-state index in [-0.39, 0.29) is 61.0 Å². The number of H-pyrrole nitrogens is 1. The number of benzene rings is 1. The smallest absolute Gasteiger partial charge is 0.328 e. The normalized spacial score (nSPS) is 11.8. The third-order valence-electron chi connectivity index (χ3n) is 18.3. The highest BCUT2D eigenvalue weighted by atomic mass is 16.5. The van der Waals surface area contributed by atoms with Crippen molar-refractivity contribution in [3.63, 3.8) is 0 Å². The Bertz CT molecular complexity index is 2690. The first-order valence-corrected chi connectivity index (χ1v) is 39.9. The van der Waals surface area contributed by atoms with Gasteiger partial charge in [0.15, 0.2) is 11.5 Å². The van der Waals surface area contributed by atoms with Gasteiger partial charge in [-0.2, -0.15) is 9.97 Å². The number of nitrogens with one attached hydrogen (secondary N) is 2. The number of ether oxygens (including phenoxy) is 5. The van der Waals surface area contributed by atoms with Gasteiger partial charge in [0.25, 0.3) is 0 Å². The predicted molar refractivity (Wildman–Crippen MR) is 408 cm³/mol. The second-order valence-corrected chi connectivity index (χ2v) is 27.4. The molecule has 1 amide bonds. The quantitative estimate of drug-likeness (QED) is 0.0233. The lowest BCUT2D eigenvalue weighted by molar-refractivity contribution is -0.143.